The molecular weight excluding hydrogens is 198 g/mol. The fraction of sp³-hybridized carbons (Fsp3) is 0. The lowest BCUT2D eigenvalue weighted by molar-refractivity contribution is 0.112. The van der Waals surface area contributed by atoms with Crippen LogP contribution in [0.2, 0.25) is 0 Å². The number of hydrogen-bond acceptors (Lipinski definition) is 2. The van der Waals surface area contributed by atoms with Crippen LogP contribution in [0.5, 0.6) is 0 Å². The van der Waals surface area contributed by atoms with Crippen LogP contribution < -0.4 is 0 Å². The Morgan fingerprint density at radius 1 is 1.00 bits per heavy atom. The predicted molar refractivity (Wildman–Crippen MR) is 62.0 cm³/mol. The van der Waals surface area contributed by atoms with Crippen molar-refractivity contribution in [2.45, 2.75) is 0 Å². The van der Waals surface area contributed by atoms with E-state index >= 15 is 0 Å². The normalized spacial score (nSPS) is 9.44. The maximum absolute atomic E-state index is 10.8. The highest BCUT2D eigenvalue weighted by atomic mass is 16.1. The molecule has 0 fully saturated rings. The second kappa shape index (κ2) is 4.41. The van der Waals surface area contributed by atoms with E-state index in [9.17, 15) is 4.79 Å². The average molecular weight is 207 g/mol. The van der Waals surface area contributed by atoms with Crippen molar-refractivity contribution in [3.63, 3.8) is 0 Å². The summed E-state index contributed by atoms with van der Waals surface area (Å²) in [6.07, 6.45) is 0.713. The van der Waals surface area contributed by atoms with Crippen molar-refractivity contribution in [2.75, 3.05) is 0 Å². The van der Waals surface area contributed by atoms with Gasteiger partial charge in [-0.1, -0.05) is 48.5 Å². The highest BCUT2D eigenvalue weighted by molar-refractivity contribution is 5.85. The first-order chi connectivity index (χ1) is 7.86. The highest BCUT2D eigenvalue weighted by Crippen LogP contribution is 2.24. The van der Waals surface area contributed by atoms with Gasteiger partial charge in [0.15, 0.2) is 6.29 Å². The molecule has 76 valence electrons. The quantitative estimate of drug-likeness (QED) is 0.710. The van der Waals surface area contributed by atoms with E-state index in [4.69, 9.17) is 5.26 Å². The topological polar surface area (TPSA) is 40.9 Å². The van der Waals surface area contributed by atoms with Crippen molar-refractivity contribution in [1.29, 1.82) is 5.26 Å². The zero-order chi connectivity index (χ0) is 11.4. The van der Waals surface area contributed by atoms with Crippen molar-refractivity contribution in [2.24, 2.45) is 0 Å². The van der Waals surface area contributed by atoms with Crippen LogP contribution >= 0.6 is 0 Å². The standard InChI is InChI=1S/C14H9NO/c15-9-14-12(10-16)7-4-8-13(14)11-5-2-1-3-6-11/h1-8,10H. The molecule has 2 heteroatoms. The van der Waals surface area contributed by atoms with Gasteiger partial charge in [0.1, 0.15) is 6.07 Å². The molecule has 0 saturated carbocycles. The fourth-order valence-electron chi connectivity index (χ4n) is 1.65. The third-order valence-corrected chi connectivity index (χ3v) is 2.42. The Morgan fingerprint density at radius 2 is 1.75 bits per heavy atom. The zero-order valence-electron chi connectivity index (χ0n) is 8.55. The summed E-state index contributed by atoms with van der Waals surface area (Å²) in [6, 6.07) is 16.9. The van der Waals surface area contributed by atoms with Gasteiger partial charge in [-0.2, -0.15) is 5.26 Å². The molecule has 0 radical (unpaired) electrons. The molecule has 0 spiro atoms. The predicted octanol–water partition coefficient (Wildman–Crippen LogP) is 3.04. The second-order valence-electron chi connectivity index (χ2n) is 3.37. The second-order valence-corrected chi connectivity index (χ2v) is 3.37. The molecule has 0 atom stereocenters. The van der Waals surface area contributed by atoms with Gasteiger partial charge in [-0.3, -0.25) is 4.79 Å². The number of carbonyl (C=O) groups is 1. The van der Waals surface area contributed by atoms with Crippen LogP contribution in [0.25, 0.3) is 11.1 Å². The minimum absolute atomic E-state index is 0.434. The smallest absolute Gasteiger partial charge is 0.151 e. The van der Waals surface area contributed by atoms with Gasteiger partial charge in [0.05, 0.1) is 5.56 Å². The molecule has 2 nitrogen and oxygen atoms in total. The Hall–Kier alpha value is -2.40. The number of nitriles is 1. The van der Waals surface area contributed by atoms with E-state index in [0.717, 1.165) is 11.1 Å². The van der Waals surface area contributed by atoms with Crippen LogP contribution in [-0.4, -0.2) is 6.29 Å². The Kier molecular flexibility index (Phi) is 2.79. The highest BCUT2D eigenvalue weighted by Gasteiger charge is 2.08. The molecule has 0 bridgehead atoms. The van der Waals surface area contributed by atoms with Gasteiger partial charge in [0.2, 0.25) is 0 Å². The molecule has 0 N–H and O–H groups in total. The van der Waals surface area contributed by atoms with E-state index in [0.29, 0.717) is 17.4 Å². The lowest BCUT2D eigenvalue weighted by Gasteiger charge is -2.05. The van der Waals surface area contributed by atoms with Crippen molar-refractivity contribution in [3.05, 3.63) is 59.7 Å². The van der Waals surface area contributed by atoms with Crippen molar-refractivity contribution in [1.82, 2.24) is 0 Å². The fourth-order valence-corrected chi connectivity index (χ4v) is 1.65. The van der Waals surface area contributed by atoms with E-state index in [1.54, 1.807) is 12.1 Å². The summed E-state index contributed by atoms with van der Waals surface area (Å²) in [6.45, 7) is 0. The molecule has 0 aliphatic carbocycles. The van der Waals surface area contributed by atoms with Crippen LogP contribution in [0.4, 0.5) is 0 Å². The Bertz CT molecular complexity index is 553. The lowest BCUT2D eigenvalue weighted by Crippen LogP contribution is -1.91. The van der Waals surface area contributed by atoms with Crippen LogP contribution in [0, 0.1) is 11.3 Å². The first-order valence-corrected chi connectivity index (χ1v) is 4.90. The summed E-state index contributed by atoms with van der Waals surface area (Å²) in [5, 5.41) is 9.08. The first kappa shape index (κ1) is 10.1. The molecule has 2 aromatic rings. The van der Waals surface area contributed by atoms with E-state index in [-0.39, 0.29) is 0 Å². The van der Waals surface area contributed by atoms with Crippen LogP contribution in [0.3, 0.4) is 0 Å². The summed E-state index contributed by atoms with van der Waals surface area (Å²) >= 11 is 0. The molecule has 2 rings (SSSR count). The molecule has 0 aromatic heterocycles. The van der Waals surface area contributed by atoms with Crippen LogP contribution in [-0.2, 0) is 0 Å². The summed E-state index contributed by atoms with van der Waals surface area (Å²) < 4.78 is 0. The molecule has 0 aliphatic heterocycles. The number of benzene rings is 2. The summed E-state index contributed by atoms with van der Waals surface area (Å²) in [7, 11) is 0. The van der Waals surface area contributed by atoms with E-state index in [1.807, 2.05) is 36.4 Å². The maximum atomic E-state index is 10.8. The van der Waals surface area contributed by atoms with Crippen LogP contribution in [0.15, 0.2) is 48.5 Å². The number of rotatable bonds is 2. The zero-order valence-corrected chi connectivity index (χ0v) is 8.55. The Balaban J connectivity index is 2.67. The van der Waals surface area contributed by atoms with Crippen molar-refractivity contribution in [3.8, 4) is 17.2 Å². The number of nitrogens with zero attached hydrogens (tertiary/aromatic N) is 1. The summed E-state index contributed by atoms with van der Waals surface area (Å²) in [5.41, 5.74) is 2.61. The van der Waals surface area contributed by atoms with Gasteiger partial charge < -0.3 is 0 Å². The van der Waals surface area contributed by atoms with Crippen molar-refractivity contribution < 1.29 is 4.79 Å². The molecular formula is C14H9NO. The molecule has 0 unspecified atom stereocenters. The van der Waals surface area contributed by atoms with Crippen LogP contribution in [0.1, 0.15) is 15.9 Å². The molecule has 2 aromatic carbocycles. The van der Waals surface area contributed by atoms with Gasteiger partial charge in [-0.15, -0.1) is 0 Å². The lowest BCUT2D eigenvalue weighted by atomic mass is 9.97. The Morgan fingerprint density at radius 3 is 2.38 bits per heavy atom. The molecule has 0 heterocycles. The van der Waals surface area contributed by atoms with Crippen molar-refractivity contribution >= 4 is 6.29 Å². The third-order valence-electron chi connectivity index (χ3n) is 2.42. The van der Waals surface area contributed by atoms with E-state index < -0.39 is 0 Å². The minimum atomic E-state index is 0.434. The third kappa shape index (κ3) is 1.71. The monoisotopic (exact) mass is 207 g/mol. The molecule has 0 saturated heterocycles. The van der Waals surface area contributed by atoms with Gasteiger partial charge in [0, 0.05) is 11.1 Å². The van der Waals surface area contributed by atoms with E-state index in [2.05, 4.69) is 6.07 Å². The van der Waals surface area contributed by atoms with Gasteiger partial charge >= 0.3 is 0 Å². The maximum Gasteiger partial charge on any atom is 0.151 e. The summed E-state index contributed by atoms with van der Waals surface area (Å²) in [4.78, 5) is 10.8. The SMILES string of the molecule is N#Cc1c(C=O)cccc1-c1ccccc1. The van der Waals surface area contributed by atoms with E-state index in [1.165, 1.54) is 0 Å². The number of aldehydes is 1. The largest absolute Gasteiger partial charge is 0.298 e. The average Bonchev–Trinajstić information content (AvgIpc) is 2.38. The number of carbonyl (C=O) groups excluding carboxylic acids is 1. The first-order valence-electron chi connectivity index (χ1n) is 4.90. The molecule has 0 amide bonds. The summed E-state index contributed by atoms with van der Waals surface area (Å²) in [5.74, 6) is 0. The minimum Gasteiger partial charge on any atom is -0.298 e. The molecule has 16 heavy (non-hydrogen) atoms. The van der Waals surface area contributed by atoms with Gasteiger partial charge in [-0.25, -0.2) is 0 Å². The number of hydrogen-bond donors (Lipinski definition) is 0. The molecule has 0 aliphatic rings. The Labute approximate surface area is 93.8 Å². The van der Waals surface area contributed by atoms with Gasteiger partial charge in [-0.05, 0) is 5.56 Å². The van der Waals surface area contributed by atoms with Gasteiger partial charge in [0.25, 0.3) is 0 Å².